The SMILES string of the molecule is COc1ccc2oc(C(=O)NCC(c3ccco3)N3CCCC3)c(C)c2c1. The third kappa shape index (κ3) is 3.45. The molecule has 1 aliphatic heterocycles. The number of ether oxygens (including phenoxy) is 1. The van der Waals surface area contributed by atoms with Crippen LogP contribution in [0.2, 0.25) is 0 Å². The quantitative estimate of drug-likeness (QED) is 0.714. The van der Waals surface area contributed by atoms with Crippen LogP contribution < -0.4 is 10.1 Å². The molecular weight excluding hydrogens is 344 g/mol. The highest BCUT2D eigenvalue weighted by Gasteiger charge is 2.27. The van der Waals surface area contributed by atoms with E-state index >= 15 is 0 Å². The van der Waals surface area contributed by atoms with E-state index in [2.05, 4.69) is 10.2 Å². The Labute approximate surface area is 158 Å². The number of furan rings is 2. The Morgan fingerprint density at radius 1 is 1.30 bits per heavy atom. The van der Waals surface area contributed by atoms with E-state index in [-0.39, 0.29) is 11.9 Å². The molecule has 0 aliphatic carbocycles. The monoisotopic (exact) mass is 368 g/mol. The zero-order chi connectivity index (χ0) is 18.8. The first-order valence-corrected chi connectivity index (χ1v) is 9.30. The summed E-state index contributed by atoms with van der Waals surface area (Å²) >= 11 is 0. The maximum absolute atomic E-state index is 12.8. The molecule has 142 valence electrons. The highest BCUT2D eigenvalue weighted by Crippen LogP contribution is 2.29. The summed E-state index contributed by atoms with van der Waals surface area (Å²) < 4.78 is 16.7. The minimum Gasteiger partial charge on any atom is -0.497 e. The highest BCUT2D eigenvalue weighted by atomic mass is 16.5. The molecule has 1 N–H and O–H groups in total. The number of benzene rings is 1. The van der Waals surface area contributed by atoms with Gasteiger partial charge in [0.15, 0.2) is 5.76 Å². The van der Waals surface area contributed by atoms with Crippen LogP contribution in [0, 0.1) is 6.92 Å². The molecule has 2 aromatic heterocycles. The van der Waals surface area contributed by atoms with E-state index in [0.29, 0.717) is 17.9 Å². The topological polar surface area (TPSA) is 67.8 Å². The summed E-state index contributed by atoms with van der Waals surface area (Å²) in [5.74, 6) is 1.75. The van der Waals surface area contributed by atoms with Crippen molar-refractivity contribution in [2.75, 3.05) is 26.7 Å². The summed E-state index contributed by atoms with van der Waals surface area (Å²) in [4.78, 5) is 15.1. The molecule has 1 aromatic carbocycles. The number of hydrogen-bond acceptors (Lipinski definition) is 5. The number of aryl methyl sites for hydroxylation is 1. The number of carbonyl (C=O) groups excluding carboxylic acids is 1. The standard InChI is InChI=1S/C21H24N2O4/c1-14-16-12-15(25-2)7-8-18(16)27-20(14)21(24)22-13-17(19-6-5-11-26-19)23-9-3-4-10-23/h5-8,11-12,17H,3-4,9-10,13H2,1-2H3,(H,22,24). The Kier molecular flexibility index (Phi) is 4.90. The minimum absolute atomic E-state index is 0.0382. The van der Waals surface area contributed by atoms with E-state index in [1.807, 2.05) is 37.3 Å². The largest absolute Gasteiger partial charge is 0.497 e. The van der Waals surface area contributed by atoms with Gasteiger partial charge < -0.3 is 18.9 Å². The van der Waals surface area contributed by atoms with Gasteiger partial charge in [0.2, 0.25) is 0 Å². The van der Waals surface area contributed by atoms with Gasteiger partial charge in [-0.3, -0.25) is 9.69 Å². The van der Waals surface area contributed by atoms with Gasteiger partial charge in [0.05, 0.1) is 19.4 Å². The fourth-order valence-electron chi connectivity index (χ4n) is 3.76. The van der Waals surface area contributed by atoms with Gasteiger partial charge in [-0.1, -0.05) is 0 Å². The van der Waals surface area contributed by atoms with Crippen molar-refractivity contribution in [3.05, 3.63) is 53.7 Å². The van der Waals surface area contributed by atoms with Gasteiger partial charge in [0.1, 0.15) is 17.1 Å². The molecule has 3 heterocycles. The van der Waals surface area contributed by atoms with Crippen LogP contribution in [0.1, 0.15) is 40.8 Å². The normalized spacial score (nSPS) is 15.9. The van der Waals surface area contributed by atoms with Crippen molar-refractivity contribution in [1.29, 1.82) is 0 Å². The highest BCUT2D eigenvalue weighted by molar-refractivity contribution is 5.99. The van der Waals surface area contributed by atoms with Crippen LogP contribution in [0.4, 0.5) is 0 Å². The Balaban J connectivity index is 1.52. The van der Waals surface area contributed by atoms with Crippen LogP contribution in [0.5, 0.6) is 5.75 Å². The summed E-state index contributed by atoms with van der Waals surface area (Å²) in [6.07, 6.45) is 4.03. The summed E-state index contributed by atoms with van der Waals surface area (Å²) in [6, 6.07) is 9.43. The average Bonchev–Trinajstić information content (AvgIpc) is 3.44. The molecule has 0 spiro atoms. The first-order valence-electron chi connectivity index (χ1n) is 9.30. The molecule has 4 rings (SSSR count). The minimum atomic E-state index is -0.210. The van der Waals surface area contributed by atoms with Gasteiger partial charge in [-0.05, 0) is 63.2 Å². The second-order valence-corrected chi connectivity index (χ2v) is 6.90. The molecular formula is C21H24N2O4. The van der Waals surface area contributed by atoms with Gasteiger partial charge in [0, 0.05) is 17.5 Å². The third-order valence-corrected chi connectivity index (χ3v) is 5.26. The lowest BCUT2D eigenvalue weighted by molar-refractivity contribution is 0.0907. The number of carbonyl (C=O) groups is 1. The molecule has 1 atom stereocenters. The fraction of sp³-hybridized carbons (Fsp3) is 0.381. The zero-order valence-electron chi connectivity index (χ0n) is 15.7. The van der Waals surface area contributed by atoms with Crippen LogP contribution in [0.3, 0.4) is 0 Å². The molecule has 6 heteroatoms. The predicted octanol–water partition coefficient (Wildman–Crippen LogP) is 3.91. The number of rotatable bonds is 6. The molecule has 1 unspecified atom stereocenters. The van der Waals surface area contributed by atoms with Crippen molar-refractivity contribution >= 4 is 16.9 Å². The van der Waals surface area contributed by atoms with Crippen LogP contribution in [0.25, 0.3) is 11.0 Å². The van der Waals surface area contributed by atoms with Crippen LogP contribution >= 0.6 is 0 Å². The van der Waals surface area contributed by atoms with Crippen LogP contribution in [-0.2, 0) is 0 Å². The lowest BCUT2D eigenvalue weighted by Crippen LogP contribution is -2.36. The Morgan fingerprint density at radius 2 is 2.11 bits per heavy atom. The second-order valence-electron chi connectivity index (χ2n) is 6.90. The average molecular weight is 368 g/mol. The molecule has 27 heavy (non-hydrogen) atoms. The lowest BCUT2D eigenvalue weighted by atomic mass is 10.1. The van der Waals surface area contributed by atoms with Crippen molar-refractivity contribution in [2.45, 2.75) is 25.8 Å². The predicted molar refractivity (Wildman–Crippen MR) is 102 cm³/mol. The number of methoxy groups -OCH3 is 1. The van der Waals surface area contributed by atoms with Crippen molar-refractivity contribution in [3.63, 3.8) is 0 Å². The van der Waals surface area contributed by atoms with Crippen molar-refractivity contribution in [2.24, 2.45) is 0 Å². The number of likely N-dealkylation sites (tertiary alicyclic amines) is 1. The second kappa shape index (κ2) is 7.48. The molecule has 0 bridgehead atoms. The summed E-state index contributed by atoms with van der Waals surface area (Å²) in [7, 11) is 1.62. The van der Waals surface area contributed by atoms with Crippen molar-refractivity contribution in [1.82, 2.24) is 10.2 Å². The molecule has 1 saturated heterocycles. The van der Waals surface area contributed by atoms with Gasteiger partial charge in [0.25, 0.3) is 5.91 Å². The number of amides is 1. The number of nitrogens with zero attached hydrogens (tertiary/aromatic N) is 1. The van der Waals surface area contributed by atoms with E-state index in [9.17, 15) is 4.79 Å². The number of fused-ring (bicyclic) bond motifs is 1. The summed E-state index contributed by atoms with van der Waals surface area (Å²) in [6.45, 7) is 4.41. The third-order valence-electron chi connectivity index (χ3n) is 5.26. The maximum atomic E-state index is 12.8. The summed E-state index contributed by atoms with van der Waals surface area (Å²) in [5, 5.41) is 3.92. The van der Waals surface area contributed by atoms with E-state index in [1.54, 1.807) is 13.4 Å². The molecule has 1 fully saturated rings. The lowest BCUT2D eigenvalue weighted by Gasteiger charge is -2.25. The first kappa shape index (κ1) is 17.7. The maximum Gasteiger partial charge on any atom is 0.287 e. The smallest absolute Gasteiger partial charge is 0.287 e. The van der Waals surface area contributed by atoms with E-state index in [4.69, 9.17) is 13.6 Å². The fourth-order valence-corrected chi connectivity index (χ4v) is 3.76. The van der Waals surface area contributed by atoms with Crippen molar-refractivity contribution in [3.8, 4) is 5.75 Å². The van der Waals surface area contributed by atoms with Gasteiger partial charge in [-0.25, -0.2) is 0 Å². The van der Waals surface area contributed by atoms with E-state index in [0.717, 1.165) is 35.5 Å². The van der Waals surface area contributed by atoms with Crippen molar-refractivity contribution < 1.29 is 18.4 Å². The van der Waals surface area contributed by atoms with Crippen LogP contribution in [-0.4, -0.2) is 37.6 Å². The molecule has 6 nitrogen and oxygen atoms in total. The molecule has 0 radical (unpaired) electrons. The Hall–Kier alpha value is -2.73. The molecule has 1 aliphatic rings. The summed E-state index contributed by atoms with van der Waals surface area (Å²) in [5.41, 5.74) is 1.50. The molecule has 0 saturated carbocycles. The first-order chi connectivity index (χ1) is 13.2. The number of hydrogen-bond donors (Lipinski definition) is 1. The number of nitrogens with one attached hydrogen (secondary N) is 1. The van der Waals surface area contributed by atoms with Gasteiger partial charge in [-0.2, -0.15) is 0 Å². The Morgan fingerprint density at radius 3 is 2.81 bits per heavy atom. The van der Waals surface area contributed by atoms with E-state index in [1.165, 1.54) is 12.8 Å². The Bertz CT molecular complexity index is 923. The van der Waals surface area contributed by atoms with Gasteiger partial charge >= 0.3 is 0 Å². The molecule has 1 amide bonds. The van der Waals surface area contributed by atoms with Gasteiger partial charge in [-0.15, -0.1) is 0 Å². The molecule has 3 aromatic rings. The van der Waals surface area contributed by atoms with Crippen LogP contribution in [0.15, 0.2) is 45.4 Å². The zero-order valence-corrected chi connectivity index (χ0v) is 15.7. The van der Waals surface area contributed by atoms with E-state index < -0.39 is 0 Å².